The number of rotatable bonds is 8. The molecule has 0 aliphatic carbocycles. The fourth-order valence-corrected chi connectivity index (χ4v) is 1.28. The van der Waals surface area contributed by atoms with Gasteiger partial charge in [-0.15, -0.1) is 0 Å². The van der Waals surface area contributed by atoms with Crippen LogP contribution in [0.15, 0.2) is 0 Å². The van der Waals surface area contributed by atoms with Crippen LogP contribution < -0.4 is 10.6 Å². The van der Waals surface area contributed by atoms with Crippen LogP contribution in [0.1, 0.15) is 40.0 Å². The highest BCUT2D eigenvalue weighted by Gasteiger charge is 2.11. The van der Waals surface area contributed by atoms with Gasteiger partial charge in [-0.3, -0.25) is 4.79 Å². The minimum Gasteiger partial charge on any atom is -0.481 e. The van der Waals surface area contributed by atoms with Crippen molar-refractivity contribution in [3.05, 3.63) is 0 Å². The molecule has 0 aliphatic rings. The minimum atomic E-state index is -0.901. The molecule has 0 radical (unpaired) electrons. The maximum absolute atomic E-state index is 11.3. The van der Waals surface area contributed by atoms with Gasteiger partial charge in [0.2, 0.25) is 0 Å². The lowest BCUT2D eigenvalue weighted by molar-refractivity contribution is -0.140. The van der Waals surface area contributed by atoms with E-state index < -0.39 is 11.9 Å². The van der Waals surface area contributed by atoms with Crippen molar-refractivity contribution in [2.24, 2.45) is 11.8 Å². The largest absolute Gasteiger partial charge is 0.481 e. The Labute approximate surface area is 103 Å². The molecule has 17 heavy (non-hydrogen) atoms. The van der Waals surface area contributed by atoms with E-state index in [0.717, 1.165) is 12.8 Å². The van der Waals surface area contributed by atoms with Gasteiger partial charge in [0.05, 0.1) is 5.92 Å². The van der Waals surface area contributed by atoms with Gasteiger partial charge >= 0.3 is 12.0 Å². The third-order valence-electron chi connectivity index (χ3n) is 2.48. The van der Waals surface area contributed by atoms with E-state index in [1.165, 1.54) is 6.42 Å². The van der Waals surface area contributed by atoms with Gasteiger partial charge in [-0.05, 0) is 12.3 Å². The lowest BCUT2D eigenvalue weighted by Crippen LogP contribution is -2.39. The maximum atomic E-state index is 11.3. The summed E-state index contributed by atoms with van der Waals surface area (Å²) in [4.78, 5) is 21.8. The maximum Gasteiger partial charge on any atom is 0.314 e. The van der Waals surface area contributed by atoms with E-state index >= 15 is 0 Å². The predicted octanol–water partition coefficient (Wildman–Crippen LogP) is 1.83. The van der Waals surface area contributed by atoms with Crippen LogP contribution >= 0.6 is 0 Å². The van der Waals surface area contributed by atoms with E-state index in [2.05, 4.69) is 24.5 Å². The Morgan fingerprint density at radius 1 is 1.12 bits per heavy atom. The first-order valence-electron chi connectivity index (χ1n) is 6.18. The number of hydrogen-bond acceptors (Lipinski definition) is 2. The van der Waals surface area contributed by atoms with Crippen molar-refractivity contribution >= 4 is 12.0 Å². The molecule has 0 saturated heterocycles. The average molecular weight is 244 g/mol. The van der Waals surface area contributed by atoms with Crippen molar-refractivity contribution in [2.75, 3.05) is 13.1 Å². The predicted molar refractivity (Wildman–Crippen MR) is 66.9 cm³/mol. The molecule has 2 amide bonds. The van der Waals surface area contributed by atoms with Crippen molar-refractivity contribution in [2.45, 2.75) is 40.0 Å². The summed E-state index contributed by atoms with van der Waals surface area (Å²) in [6.07, 6.45) is 3.23. The molecule has 0 aromatic carbocycles. The second kappa shape index (κ2) is 8.84. The normalized spacial score (nSPS) is 12.2. The Balaban J connectivity index is 3.44. The molecule has 0 aromatic heterocycles. The third kappa shape index (κ3) is 9.66. The van der Waals surface area contributed by atoms with Gasteiger partial charge in [0, 0.05) is 13.1 Å². The van der Waals surface area contributed by atoms with Crippen molar-refractivity contribution in [1.82, 2.24) is 10.6 Å². The Bertz CT molecular complexity index is 242. The molecule has 100 valence electrons. The van der Waals surface area contributed by atoms with Crippen LogP contribution in [0.5, 0.6) is 0 Å². The SMILES string of the molecule is CC(C)CCCCNC(=O)NCC(C)C(=O)O. The summed E-state index contributed by atoms with van der Waals surface area (Å²) < 4.78 is 0. The fraction of sp³-hybridized carbons (Fsp3) is 0.833. The lowest BCUT2D eigenvalue weighted by atomic mass is 10.1. The summed E-state index contributed by atoms with van der Waals surface area (Å²) in [5, 5.41) is 13.9. The zero-order valence-electron chi connectivity index (χ0n) is 11.0. The van der Waals surface area contributed by atoms with Gasteiger partial charge in [-0.2, -0.15) is 0 Å². The van der Waals surface area contributed by atoms with E-state index in [9.17, 15) is 9.59 Å². The van der Waals surface area contributed by atoms with Crippen LogP contribution in [0.4, 0.5) is 4.79 Å². The number of carboxylic acid groups (broad SMARTS) is 1. The van der Waals surface area contributed by atoms with Gasteiger partial charge in [0.25, 0.3) is 0 Å². The van der Waals surface area contributed by atoms with E-state index in [1.54, 1.807) is 6.92 Å². The molecule has 3 N–H and O–H groups in total. The minimum absolute atomic E-state index is 0.160. The number of amides is 2. The molecule has 0 rings (SSSR count). The molecule has 1 unspecified atom stereocenters. The molecule has 0 saturated carbocycles. The van der Waals surface area contributed by atoms with Crippen LogP contribution in [0.25, 0.3) is 0 Å². The summed E-state index contributed by atoms with van der Waals surface area (Å²) in [5.74, 6) is -0.760. The average Bonchev–Trinajstić information content (AvgIpc) is 2.24. The smallest absolute Gasteiger partial charge is 0.314 e. The number of carbonyl (C=O) groups excluding carboxylic acids is 1. The number of nitrogens with one attached hydrogen (secondary N) is 2. The summed E-state index contributed by atoms with van der Waals surface area (Å²) >= 11 is 0. The lowest BCUT2D eigenvalue weighted by Gasteiger charge is -2.10. The number of carbonyl (C=O) groups is 2. The number of unbranched alkanes of at least 4 members (excludes halogenated alkanes) is 1. The highest BCUT2D eigenvalue weighted by molar-refractivity contribution is 5.75. The van der Waals surface area contributed by atoms with Gasteiger partial charge in [0.1, 0.15) is 0 Å². The highest BCUT2D eigenvalue weighted by atomic mass is 16.4. The van der Waals surface area contributed by atoms with Crippen LogP contribution in [0.3, 0.4) is 0 Å². The van der Waals surface area contributed by atoms with Gasteiger partial charge in [-0.1, -0.05) is 33.6 Å². The van der Waals surface area contributed by atoms with Crippen LogP contribution in [-0.2, 0) is 4.79 Å². The fourth-order valence-electron chi connectivity index (χ4n) is 1.28. The zero-order valence-corrected chi connectivity index (χ0v) is 11.0. The van der Waals surface area contributed by atoms with Crippen molar-refractivity contribution in [1.29, 1.82) is 0 Å². The van der Waals surface area contributed by atoms with Crippen LogP contribution in [0.2, 0.25) is 0 Å². The first kappa shape index (κ1) is 15.7. The van der Waals surface area contributed by atoms with Crippen molar-refractivity contribution in [3.8, 4) is 0 Å². The number of aliphatic carboxylic acids is 1. The van der Waals surface area contributed by atoms with Crippen LogP contribution in [0, 0.1) is 11.8 Å². The van der Waals surface area contributed by atoms with E-state index in [1.807, 2.05) is 0 Å². The molecule has 0 spiro atoms. The van der Waals surface area contributed by atoms with Gasteiger partial charge in [-0.25, -0.2) is 4.79 Å². The summed E-state index contributed by atoms with van der Waals surface area (Å²) in [7, 11) is 0. The van der Waals surface area contributed by atoms with Gasteiger partial charge < -0.3 is 15.7 Å². The Morgan fingerprint density at radius 2 is 1.76 bits per heavy atom. The summed E-state index contributed by atoms with van der Waals surface area (Å²) in [6.45, 7) is 6.71. The number of urea groups is 1. The van der Waals surface area contributed by atoms with E-state index in [4.69, 9.17) is 5.11 Å². The topological polar surface area (TPSA) is 78.4 Å². The standard InChI is InChI=1S/C12H24N2O3/c1-9(2)6-4-5-7-13-12(17)14-8-10(3)11(15)16/h9-10H,4-8H2,1-3H3,(H,15,16)(H2,13,14,17). The molecule has 5 heteroatoms. The van der Waals surface area contributed by atoms with Crippen molar-refractivity contribution < 1.29 is 14.7 Å². The Hall–Kier alpha value is -1.26. The molecule has 1 atom stereocenters. The van der Waals surface area contributed by atoms with E-state index in [0.29, 0.717) is 12.5 Å². The first-order chi connectivity index (χ1) is 7.93. The molecule has 0 aliphatic heterocycles. The molecule has 0 heterocycles. The second-order valence-electron chi connectivity index (χ2n) is 4.77. The molecule has 0 bridgehead atoms. The van der Waals surface area contributed by atoms with E-state index in [-0.39, 0.29) is 12.6 Å². The Kier molecular flexibility index (Phi) is 8.19. The molecule has 0 aromatic rings. The quantitative estimate of drug-likeness (QED) is 0.570. The highest BCUT2D eigenvalue weighted by Crippen LogP contribution is 2.04. The first-order valence-corrected chi connectivity index (χ1v) is 6.18. The molecule has 5 nitrogen and oxygen atoms in total. The third-order valence-corrected chi connectivity index (χ3v) is 2.48. The van der Waals surface area contributed by atoms with Crippen LogP contribution in [-0.4, -0.2) is 30.2 Å². The molecular formula is C12H24N2O3. The number of carboxylic acids is 1. The molecular weight excluding hydrogens is 220 g/mol. The summed E-state index contributed by atoms with van der Waals surface area (Å²) in [5.41, 5.74) is 0. The molecule has 0 fully saturated rings. The zero-order chi connectivity index (χ0) is 13.3. The Morgan fingerprint density at radius 3 is 2.29 bits per heavy atom. The van der Waals surface area contributed by atoms with Gasteiger partial charge in [0.15, 0.2) is 0 Å². The van der Waals surface area contributed by atoms with Crippen molar-refractivity contribution in [3.63, 3.8) is 0 Å². The monoisotopic (exact) mass is 244 g/mol. The second-order valence-corrected chi connectivity index (χ2v) is 4.77. The summed E-state index contributed by atoms with van der Waals surface area (Å²) in [6, 6.07) is -0.289. The number of hydrogen-bond donors (Lipinski definition) is 3.